The number of unbranched alkanes of at least 4 members (excludes halogenated alkanes) is 11. The third-order valence-electron chi connectivity index (χ3n) is 3.58. The highest BCUT2D eigenvalue weighted by atomic mass is 16.5. The summed E-state index contributed by atoms with van der Waals surface area (Å²) in [6, 6.07) is 0. The maximum Gasteiger partial charge on any atom is 0.334 e. The first-order valence-corrected chi connectivity index (χ1v) is 8.53. The molecule has 0 spiro atoms. The molecule has 0 amide bonds. The highest BCUT2D eigenvalue weighted by Crippen LogP contribution is 2.11. The highest BCUT2D eigenvalue weighted by molar-refractivity contribution is 5.73. The second kappa shape index (κ2) is 14.8. The second-order valence-corrected chi connectivity index (χ2v) is 5.73. The molecular weight excluding hydrogens is 252 g/mol. The number of hydrogen-bond donors (Lipinski definition) is 1. The Morgan fingerprint density at radius 3 is 1.65 bits per heavy atom. The summed E-state index contributed by atoms with van der Waals surface area (Å²) in [7, 11) is 0. The third-order valence-corrected chi connectivity index (χ3v) is 3.58. The Morgan fingerprint density at radius 1 is 0.850 bits per heavy atom. The number of carbonyl (C=O) groups is 1. The fourth-order valence-electron chi connectivity index (χ4n) is 2.24. The van der Waals surface area contributed by atoms with Crippen molar-refractivity contribution >= 4 is 5.97 Å². The lowest BCUT2D eigenvalue weighted by atomic mass is 10.1. The highest BCUT2D eigenvalue weighted by Gasteiger charge is 2.08. The molecule has 0 unspecified atom stereocenters. The summed E-state index contributed by atoms with van der Waals surface area (Å²) < 4.78 is 4.91. The molecule has 0 radical (unpaired) electrons. The zero-order valence-electron chi connectivity index (χ0n) is 13.5. The van der Waals surface area contributed by atoms with Crippen LogP contribution in [0.3, 0.4) is 0 Å². The summed E-state index contributed by atoms with van der Waals surface area (Å²) >= 11 is 0. The van der Waals surface area contributed by atoms with E-state index in [2.05, 4.69) is 6.92 Å². The van der Waals surface area contributed by atoms with Crippen LogP contribution in [0.4, 0.5) is 0 Å². The van der Waals surface area contributed by atoms with E-state index in [1.807, 2.05) is 0 Å². The first-order valence-electron chi connectivity index (χ1n) is 8.53. The normalized spacial score (nSPS) is 12.3. The van der Waals surface area contributed by atoms with Gasteiger partial charge in [-0.2, -0.15) is 0 Å². The van der Waals surface area contributed by atoms with Gasteiger partial charge in [-0.25, -0.2) is 4.79 Å². The van der Waals surface area contributed by atoms with Gasteiger partial charge in [0.1, 0.15) is 6.10 Å². The average Bonchev–Trinajstić information content (AvgIpc) is 2.43. The smallest absolute Gasteiger partial charge is 0.334 e. The van der Waals surface area contributed by atoms with Crippen LogP contribution in [0.2, 0.25) is 0 Å². The molecule has 1 N–H and O–H groups in total. The number of esters is 1. The van der Waals surface area contributed by atoms with Crippen LogP contribution in [0.15, 0.2) is 0 Å². The van der Waals surface area contributed by atoms with Crippen molar-refractivity contribution in [3.05, 3.63) is 0 Å². The summed E-state index contributed by atoms with van der Waals surface area (Å²) in [5.74, 6) is -0.506. The van der Waals surface area contributed by atoms with E-state index in [4.69, 9.17) is 9.84 Å². The number of carbonyl (C=O) groups excluding carboxylic acids is 1. The fraction of sp³-hybridized carbons (Fsp3) is 0.941. The first kappa shape index (κ1) is 19.4. The molecule has 0 heterocycles. The SMILES string of the molecule is CCCCCCCCCCCCCCOC(=O)[C@@H](C)O. The molecule has 0 rings (SSSR count). The molecule has 1 atom stereocenters. The molecule has 0 aromatic heterocycles. The molecule has 0 saturated heterocycles. The minimum absolute atomic E-state index is 0.446. The lowest BCUT2D eigenvalue weighted by molar-refractivity contribution is -0.152. The van der Waals surface area contributed by atoms with Crippen molar-refractivity contribution in [2.24, 2.45) is 0 Å². The van der Waals surface area contributed by atoms with Gasteiger partial charge in [-0.3, -0.25) is 0 Å². The van der Waals surface area contributed by atoms with Gasteiger partial charge in [0.15, 0.2) is 0 Å². The van der Waals surface area contributed by atoms with Crippen LogP contribution in [0.5, 0.6) is 0 Å². The predicted molar refractivity (Wildman–Crippen MR) is 83.7 cm³/mol. The van der Waals surface area contributed by atoms with Gasteiger partial charge < -0.3 is 9.84 Å². The van der Waals surface area contributed by atoms with E-state index in [-0.39, 0.29) is 0 Å². The van der Waals surface area contributed by atoms with Crippen LogP contribution in [0.25, 0.3) is 0 Å². The van der Waals surface area contributed by atoms with Crippen LogP contribution in [0, 0.1) is 0 Å². The Kier molecular flexibility index (Phi) is 14.4. The number of aliphatic hydroxyl groups excluding tert-OH is 1. The predicted octanol–water partition coefficient (Wildman–Crippen LogP) is 4.61. The van der Waals surface area contributed by atoms with E-state index < -0.39 is 12.1 Å². The van der Waals surface area contributed by atoms with E-state index in [1.165, 1.54) is 71.1 Å². The van der Waals surface area contributed by atoms with Crippen LogP contribution in [-0.2, 0) is 9.53 Å². The molecule has 0 fully saturated rings. The van der Waals surface area contributed by atoms with E-state index >= 15 is 0 Å². The number of ether oxygens (including phenoxy) is 1. The van der Waals surface area contributed by atoms with Crippen molar-refractivity contribution in [1.82, 2.24) is 0 Å². The topological polar surface area (TPSA) is 46.5 Å². The molecular formula is C17H34O3. The molecule has 0 saturated carbocycles. The van der Waals surface area contributed by atoms with Crippen molar-refractivity contribution in [3.8, 4) is 0 Å². The zero-order chi connectivity index (χ0) is 15.1. The van der Waals surface area contributed by atoms with Crippen molar-refractivity contribution in [2.45, 2.75) is 97.0 Å². The van der Waals surface area contributed by atoms with E-state index in [0.29, 0.717) is 6.61 Å². The van der Waals surface area contributed by atoms with Gasteiger partial charge in [-0.1, -0.05) is 77.6 Å². The summed E-state index contributed by atoms with van der Waals surface area (Å²) in [4.78, 5) is 11.0. The lowest BCUT2D eigenvalue weighted by Gasteiger charge is -2.06. The maximum atomic E-state index is 11.0. The van der Waals surface area contributed by atoms with E-state index in [1.54, 1.807) is 0 Å². The van der Waals surface area contributed by atoms with Gasteiger partial charge in [0.25, 0.3) is 0 Å². The molecule has 0 aliphatic rings. The molecule has 0 aliphatic carbocycles. The monoisotopic (exact) mass is 286 g/mol. The number of aliphatic hydroxyl groups is 1. The standard InChI is InChI=1S/C17H34O3/c1-3-4-5-6-7-8-9-10-11-12-13-14-15-20-17(19)16(2)18/h16,18H,3-15H2,1-2H3/t16-/m1/s1. The van der Waals surface area contributed by atoms with Gasteiger partial charge in [0.2, 0.25) is 0 Å². The van der Waals surface area contributed by atoms with Crippen LogP contribution >= 0.6 is 0 Å². The summed E-state index contributed by atoms with van der Waals surface area (Å²) in [5, 5.41) is 8.94. The van der Waals surface area contributed by atoms with Gasteiger partial charge in [0.05, 0.1) is 6.61 Å². The minimum atomic E-state index is -0.993. The molecule has 0 aromatic rings. The average molecular weight is 286 g/mol. The molecule has 0 aromatic carbocycles. The Bertz CT molecular complexity index is 214. The molecule has 3 heteroatoms. The van der Waals surface area contributed by atoms with Crippen LogP contribution in [0.1, 0.15) is 90.9 Å². The summed E-state index contributed by atoms with van der Waals surface area (Å²) in [6.07, 6.45) is 14.6. The third kappa shape index (κ3) is 13.9. The quantitative estimate of drug-likeness (QED) is 0.374. The summed E-state index contributed by atoms with van der Waals surface area (Å²) in [5.41, 5.74) is 0. The summed E-state index contributed by atoms with van der Waals surface area (Å²) in [6.45, 7) is 4.14. The second-order valence-electron chi connectivity index (χ2n) is 5.73. The zero-order valence-corrected chi connectivity index (χ0v) is 13.5. The van der Waals surface area contributed by atoms with Crippen LogP contribution < -0.4 is 0 Å². The Labute approximate surface area is 125 Å². The Morgan fingerprint density at radius 2 is 1.25 bits per heavy atom. The largest absolute Gasteiger partial charge is 0.464 e. The van der Waals surface area contributed by atoms with Crippen molar-refractivity contribution in [3.63, 3.8) is 0 Å². The van der Waals surface area contributed by atoms with E-state index in [9.17, 15) is 4.79 Å². The Hall–Kier alpha value is -0.570. The number of hydrogen-bond acceptors (Lipinski definition) is 3. The molecule has 0 aliphatic heterocycles. The van der Waals surface area contributed by atoms with Gasteiger partial charge >= 0.3 is 5.97 Å². The molecule has 20 heavy (non-hydrogen) atoms. The van der Waals surface area contributed by atoms with Gasteiger partial charge in [0, 0.05) is 0 Å². The van der Waals surface area contributed by atoms with Crippen LogP contribution in [-0.4, -0.2) is 23.8 Å². The molecule has 3 nitrogen and oxygen atoms in total. The molecule has 120 valence electrons. The van der Waals surface area contributed by atoms with Crippen molar-refractivity contribution < 1.29 is 14.6 Å². The Balaban J connectivity index is 3.04. The van der Waals surface area contributed by atoms with Gasteiger partial charge in [-0.15, -0.1) is 0 Å². The van der Waals surface area contributed by atoms with Gasteiger partial charge in [-0.05, 0) is 13.3 Å². The number of rotatable bonds is 14. The van der Waals surface area contributed by atoms with Crippen molar-refractivity contribution in [2.75, 3.05) is 6.61 Å². The van der Waals surface area contributed by atoms with E-state index in [0.717, 1.165) is 12.8 Å². The fourth-order valence-corrected chi connectivity index (χ4v) is 2.24. The first-order chi connectivity index (χ1) is 9.68. The minimum Gasteiger partial charge on any atom is -0.464 e. The maximum absolute atomic E-state index is 11.0. The van der Waals surface area contributed by atoms with Crippen molar-refractivity contribution in [1.29, 1.82) is 0 Å². The lowest BCUT2D eigenvalue weighted by Crippen LogP contribution is -2.19. The molecule has 0 bridgehead atoms.